The number of unbranched alkanes of at least 4 members (excludes halogenated alkanes) is 4. The van der Waals surface area contributed by atoms with Gasteiger partial charge < -0.3 is 20.8 Å². The molecule has 0 unspecified atom stereocenters. The number of aliphatic hydroxyl groups is 1. The molecule has 0 heterocycles. The Balaban J connectivity index is 1.21. The van der Waals surface area contributed by atoms with E-state index in [1.165, 1.54) is 45.1 Å². The van der Waals surface area contributed by atoms with E-state index in [9.17, 15) is 24.6 Å². The smallest absolute Gasteiger partial charge is 0.328 e. The molecule has 0 spiro atoms. The van der Waals surface area contributed by atoms with Gasteiger partial charge in [0.15, 0.2) is 0 Å². The molecule has 5 saturated carbocycles. The maximum absolute atomic E-state index is 14.4. The molecule has 0 aromatic heterocycles. The van der Waals surface area contributed by atoms with Crippen molar-refractivity contribution in [2.24, 2.45) is 56.7 Å². The molecule has 0 aromatic rings. The van der Waals surface area contributed by atoms with Gasteiger partial charge in [-0.3, -0.25) is 9.59 Å². The minimum Gasteiger partial charge on any atom is -0.480 e. The molecule has 0 aliphatic heterocycles. The standard InChI is InChI=1S/C42H70N2O5/c1-27(2)28-18-23-42(35(47)43-26-14-12-10-11-13-15-33(46)44-38(5,6)36(48)49)25-24-40(8)29(34(28)42)16-17-31-39(7)21-20-32(45)37(3,4)30(39)19-22-41(31,40)9/h28-32,34,45H,1,10-26H2,2-9H3,(H,43,47)(H,44,46)(H,48,49)/t28-,29+,30-,31+,32-,34+,39-,40+,41+,42-/m0/s1. The van der Waals surface area contributed by atoms with Crippen LogP contribution in [0.5, 0.6) is 0 Å². The van der Waals surface area contributed by atoms with Gasteiger partial charge in [-0.25, -0.2) is 4.79 Å². The highest BCUT2D eigenvalue weighted by Gasteiger charge is 2.71. The maximum atomic E-state index is 14.4. The van der Waals surface area contributed by atoms with Crippen molar-refractivity contribution in [3.63, 3.8) is 0 Å². The largest absolute Gasteiger partial charge is 0.480 e. The van der Waals surface area contributed by atoms with Gasteiger partial charge in [0.25, 0.3) is 0 Å². The predicted molar refractivity (Wildman–Crippen MR) is 196 cm³/mol. The number of carbonyl (C=O) groups excluding carboxylic acids is 2. The van der Waals surface area contributed by atoms with Gasteiger partial charge in [0.05, 0.1) is 11.5 Å². The van der Waals surface area contributed by atoms with Crippen LogP contribution in [0.1, 0.15) is 158 Å². The first-order valence-electron chi connectivity index (χ1n) is 19.9. The van der Waals surface area contributed by atoms with Crippen LogP contribution in [0.4, 0.5) is 0 Å². The van der Waals surface area contributed by atoms with Gasteiger partial charge in [-0.15, -0.1) is 0 Å². The van der Waals surface area contributed by atoms with Crippen molar-refractivity contribution in [1.29, 1.82) is 0 Å². The summed E-state index contributed by atoms with van der Waals surface area (Å²) in [5.74, 6) is 1.53. The number of hydrogen-bond acceptors (Lipinski definition) is 4. The lowest BCUT2D eigenvalue weighted by Gasteiger charge is -2.72. The number of nitrogens with one attached hydrogen (secondary N) is 2. The molecule has 49 heavy (non-hydrogen) atoms. The number of aliphatic hydroxyl groups excluding tert-OH is 1. The van der Waals surface area contributed by atoms with Gasteiger partial charge in [-0.05, 0) is 149 Å². The van der Waals surface area contributed by atoms with Crippen LogP contribution in [-0.2, 0) is 14.4 Å². The second-order valence-corrected chi connectivity index (χ2v) is 19.5. The summed E-state index contributed by atoms with van der Waals surface area (Å²) < 4.78 is 0. The molecule has 278 valence electrons. The van der Waals surface area contributed by atoms with Crippen molar-refractivity contribution in [1.82, 2.24) is 10.6 Å². The summed E-state index contributed by atoms with van der Waals surface area (Å²) >= 11 is 0. The SMILES string of the molecule is C=C(C)[C@@H]1CC[C@]2(C(=O)NCCCCCCCC(=O)NC(C)(C)C(=O)O)CC[C@]3(C)[C@H](CC[C@@H]4[C@@]5(C)CC[C@H](O)C(C)(C)[C@@H]5CC[C@]43C)[C@@H]12. The van der Waals surface area contributed by atoms with Crippen LogP contribution in [0.15, 0.2) is 12.2 Å². The Kier molecular flexibility index (Phi) is 10.6. The summed E-state index contributed by atoms with van der Waals surface area (Å²) in [4.78, 5) is 37.8. The fraction of sp³-hybridized carbons (Fsp3) is 0.881. The van der Waals surface area contributed by atoms with Crippen molar-refractivity contribution in [2.45, 2.75) is 170 Å². The fourth-order valence-corrected chi connectivity index (χ4v) is 13.3. The molecule has 5 fully saturated rings. The molecule has 0 saturated heterocycles. The lowest BCUT2D eigenvalue weighted by Crippen LogP contribution is -2.67. The van der Waals surface area contributed by atoms with Gasteiger partial charge in [0, 0.05) is 13.0 Å². The number of carboxylic acids is 1. The van der Waals surface area contributed by atoms with Gasteiger partial charge in [0.1, 0.15) is 5.54 Å². The van der Waals surface area contributed by atoms with E-state index in [0.717, 1.165) is 70.6 Å². The molecule has 10 atom stereocenters. The molecule has 0 aromatic carbocycles. The zero-order valence-corrected chi connectivity index (χ0v) is 32.3. The average molecular weight is 683 g/mol. The van der Waals surface area contributed by atoms with Crippen LogP contribution in [-0.4, -0.2) is 46.2 Å². The van der Waals surface area contributed by atoms with Crippen molar-refractivity contribution >= 4 is 17.8 Å². The number of rotatable bonds is 12. The van der Waals surface area contributed by atoms with E-state index in [0.29, 0.717) is 42.6 Å². The average Bonchev–Trinajstić information content (AvgIpc) is 3.42. The summed E-state index contributed by atoms with van der Waals surface area (Å²) in [5, 5.41) is 26.3. The van der Waals surface area contributed by atoms with Crippen LogP contribution in [0, 0.1) is 56.7 Å². The monoisotopic (exact) mass is 683 g/mol. The van der Waals surface area contributed by atoms with Gasteiger partial charge in [-0.2, -0.15) is 0 Å². The van der Waals surface area contributed by atoms with E-state index in [1.54, 1.807) is 0 Å². The minimum atomic E-state index is -1.25. The van der Waals surface area contributed by atoms with E-state index in [4.69, 9.17) is 0 Å². The second kappa shape index (κ2) is 13.6. The highest BCUT2D eigenvalue weighted by atomic mass is 16.4. The lowest BCUT2D eigenvalue weighted by atomic mass is 9.32. The van der Waals surface area contributed by atoms with Crippen LogP contribution in [0.3, 0.4) is 0 Å². The summed E-state index contributed by atoms with van der Waals surface area (Å²) in [7, 11) is 0. The highest BCUT2D eigenvalue weighted by Crippen LogP contribution is 2.77. The quantitative estimate of drug-likeness (QED) is 0.122. The normalized spacial score (nSPS) is 41.0. The third kappa shape index (κ3) is 6.32. The number of fused-ring (bicyclic) bond motifs is 7. The zero-order valence-electron chi connectivity index (χ0n) is 32.3. The molecule has 7 heteroatoms. The number of aliphatic carboxylic acids is 1. The first-order chi connectivity index (χ1) is 22.8. The van der Waals surface area contributed by atoms with Crippen molar-refractivity contribution in [2.75, 3.05) is 6.54 Å². The van der Waals surface area contributed by atoms with Crippen LogP contribution in [0.2, 0.25) is 0 Å². The number of hydrogen-bond donors (Lipinski definition) is 4. The predicted octanol–water partition coefficient (Wildman–Crippen LogP) is 8.44. The molecule has 0 radical (unpaired) electrons. The van der Waals surface area contributed by atoms with Crippen LogP contribution < -0.4 is 10.6 Å². The van der Waals surface area contributed by atoms with E-state index in [2.05, 4.69) is 58.8 Å². The molecule has 2 amide bonds. The van der Waals surface area contributed by atoms with Gasteiger partial charge in [-0.1, -0.05) is 66.0 Å². The first-order valence-corrected chi connectivity index (χ1v) is 19.9. The number of carbonyl (C=O) groups is 3. The van der Waals surface area contributed by atoms with E-state index < -0.39 is 11.5 Å². The Hall–Kier alpha value is -1.89. The van der Waals surface area contributed by atoms with Gasteiger partial charge in [0.2, 0.25) is 11.8 Å². The van der Waals surface area contributed by atoms with E-state index >= 15 is 0 Å². The van der Waals surface area contributed by atoms with Crippen LogP contribution >= 0.6 is 0 Å². The maximum Gasteiger partial charge on any atom is 0.328 e. The number of allylic oxidation sites excluding steroid dienone is 1. The lowest BCUT2D eigenvalue weighted by molar-refractivity contribution is -0.246. The Labute approximate surface area is 297 Å². The highest BCUT2D eigenvalue weighted by molar-refractivity contribution is 5.86. The summed E-state index contributed by atoms with van der Waals surface area (Å²) in [6, 6.07) is 0. The molecular weight excluding hydrogens is 612 g/mol. The molecule has 5 aliphatic carbocycles. The summed E-state index contributed by atoms with van der Waals surface area (Å²) in [6.45, 7) is 22.9. The van der Waals surface area contributed by atoms with Crippen LogP contribution in [0.25, 0.3) is 0 Å². The minimum absolute atomic E-state index is 0.0420. The molecule has 7 nitrogen and oxygen atoms in total. The van der Waals surface area contributed by atoms with Crippen molar-refractivity contribution in [3.8, 4) is 0 Å². The Bertz CT molecular complexity index is 1290. The second-order valence-electron chi connectivity index (χ2n) is 19.5. The summed E-state index contributed by atoms with van der Waals surface area (Å²) in [5.41, 5.74) is 0.347. The molecule has 5 rings (SSSR count). The Morgan fingerprint density at radius 2 is 1.47 bits per heavy atom. The Morgan fingerprint density at radius 3 is 2.14 bits per heavy atom. The van der Waals surface area contributed by atoms with Crippen molar-refractivity contribution < 1.29 is 24.6 Å². The first kappa shape index (κ1) is 38.3. The fourth-order valence-electron chi connectivity index (χ4n) is 13.3. The van der Waals surface area contributed by atoms with E-state index in [-0.39, 0.29) is 45.0 Å². The third-order valence-corrected chi connectivity index (χ3v) is 16.4. The molecule has 5 aliphatic rings. The molecule has 0 bridgehead atoms. The topological polar surface area (TPSA) is 116 Å². The molecule has 4 N–H and O–H groups in total. The Morgan fingerprint density at radius 1 is 0.796 bits per heavy atom. The van der Waals surface area contributed by atoms with Crippen molar-refractivity contribution in [3.05, 3.63) is 12.2 Å². The number of amides is 2. The van der Waals surface area contributed by atoms with E-state index in [1.807, 2.05) is 0 Å². The number of carboxylic acid groups (broad SMARTS) is 1. The van der Waals surface area contributed by atoms with Gasteiger partial charge >= 0.3 is 5.97 Å². The molecular formula is C42H70N2O5. The third-order valence-electron chi connectivity index (χ3n) is 16.4. The summed E-state index contributed by atoms with van der Waals surface area (Å²) in [6.07, 6.45) is 15.8. The zero-order chi connectivity index (χ0) is 36.2.